The largest absolute Gasteiger partial charge is 0.395 e. The molecule has 0 spiro atoms. The van der Waals surface area contributed by atoms with Crippen molar-refractivity contribution >= 4 is 5.91 Å². The summed E-state index contributed by atoms with van der Waals surface area (Å²) in [4.78, 5) is 16.8. The Morgan fingerprint density at radius 1 is 1.32 bits per heavy atom. The van der Waals surface area contributed by atoms with Gasteiger partial charge in [0.05, 0.1) is 19.1 Å². The van der Waals surface area contributed by atoms with Gasteiger partial charge in [-0.1, -0.05) is 0 Å². The van der Waals surface area contributed by atoms with Gasteiger partial charge in [-0.25, -0.2) is 0 Å². The maximum absolute atomic E-state index is 12.5. The van der Waals surface area contributed by atoms with E-state index in [1.165, 1.54) is 0 Å². The van der Waals surface area contributed by atoms with E-state index >= 15 is 0 Å². The van der Waals surface area contributed by atoms with E-state index in [0.29, 0.717) is 25.2 Å². The third-order valence-electron chi connectivity index (χ3n) is 4.28. The third kappa shape index (κ3) is 3.46. The quantitative estimate of drug-likeness (QED) is 0.803. The molecule has 2 rings (SSSR count). The van der Waals surface area contributed by atoms with Crippen molar-refractivity contribution in [3.63, 3.8) is 0 Å². The van der Waals surface area contributed by atoms with Gasteiger partial charge in [0.1, 0.15) is 0 Å². The summed E-state index contributed by atoms with van der Waals surface area (Å²) in [6, 6.07) is 0.619. The predicted octanol–water partition coefficient (Wildman–Crippen LogP) is 0.327. The average Bonchev–Trinajstić information content (AvgIpc) is 2.43. The Labute approximate surface area is 115 Å². The van der Waals surface area contributed by atoms with Crippen LogP contribution in [0, 0.1) is 5.92 Å². The molecule has 2 saturated heterocycles. The van der Waals surface area contributed by atoms with Crippen molar-refractivity contribution < 1.29 is 14.6 Å². The lowest BCUT2D eigenvalue weighted by Crippen LogP contribution is -2.59. The van der Waals surface area contributed by atoms with Gasteiger partial charge in [0, 0.05) is 38.3 Å². The summed E-state index contributed by atoms with van der Waals surface area (Å²) in [5, 5.41) is 9.09. The number of amides is 1. The number of carbonyl (C=O) groups excluding carboxylic acids is 1. The molecule has 2 aliphatic rings. The Hall–Kier alpha value is -0.650. The van der Waals surface area contributed by atoms with Crippen LogP contribution in [0.5, 0.6) is 0 Å². The van der Waals surface area contributed by atoms with E-state index in [4.69, 9.17) is 9.84 Å². The summed E-state index contributed by atoms with van der Waals surface area (Å²) >= 11 is 0. The van der Waals surface area contributed by atoms with Gasteiger partial charge in [-0.2, -0.15) is 0 Å². The summed E-state index contributed by atoms with van der Waals surface area (Å²) in [5.74, 6) is 0.305. The summed E-state index contributed by atoms with van der Waals surface area (Å²) in [5.41, 5.74) is 0. The van der Waals surface area contributed by atoms with Crippen LogP contribution in [-0.4, -0.2) is 72.4 Å². The monoisotopic (exact) mass is 270 g/mol. The molecule has 0 aromatic rings. The molecule has 0 aromatic heterocycles. The highest BCUT2D eigenvalue weighted by atomic mass is 16.5. The minimum atomic E-state index is 0.0533. The molecule has 0 unspecified atom stereocenters. The van der Waals surface area contributed by atoms with Gasteiger partial charge >= 0.3 is 0 Å². The lowest BCUT2D eigenvalue weighted by Gasteiger charge is -2.45. The topological polar surface area (TPSA) is 53.0 Å². The molecule has 19 heavy (non-hydrogen) atoms. The van der Waals surface area contributed by atoms with E-state index in [9.17, 15) is 4.79 Å². The van der Waals surface area contributed by atoms with Crippen LogP contribution < -0.4 is 0 Å². The first-order valence-electron chi connectivity index (χ1n) is 7.36. The first-order chi connectivity index (χ1) is 9.13. The first-order valence-corrected chi connectivity index (χ1v) is 7.36. The van der Waals surface area contributed by atoms with E-state index in [1.807, 2.05) is 4.90 Å². The van der Waals surface area contributed by atoms with Crippen molar-refractivity contribution in [2.45, 2.75) is 38.8 Å². The van der Waals surface area contributed by atoms with Gasteiger partial charge in [0.25, 0.3) is 0 Å². The molecule has 0 radical (unpaired) electrons. The Morgan fingerprint density at radius 3 is 2.53 bits per heavy atom. The van der Waals surface area contributed by atoms with Crippen LogP contribution in [-0.2, 0) is 9.53 Å². The fraction of sp³-hybridized carbons (Fsp3) is 0.929. The molecule has 0 bridgehead atoms. The molecule has 1 amide bonds. The minimum absolute atomic E-state index is 0.0533. The number of rotatable bonds is 3. The third-order valence-corrected chi connectivity index (χ3v) is 4.28. The van der Waals surface area contributed by atoms with Crippen molar-refractivity contribution in [2.24, 2.45) is 5.92 Å². The molecule has 0 aromatic carbocycles. The van der Waals surface area contributed by atoms with E-state index in [-0.39, 0.29) is 18.4 Å². The molecule has 0 saturated carbocycles. The van der Waals surface area contributed by atoms with E-state index in [2.05, 4.69) is 18.7 Å². The molecule has 110 valence electrons. The van der Waals surface area contributed by atoms with Gasteiger partial charge in [-0.05, 0) is 26.7 Å². The number of β-amino-alcohol motifs (C(OH)–C–C–N with tert-alkyl or cyclic N) is 1. The molecule has 5 nitrogen and oxygen atoms in total. The van der Waals surface area contributed by atoms with Crippen LogP contribution in [0.15, 0.2) is 0 Å². The van der Waals surface area contributed by atoms with Crippen LogP contribution in [0.2, 0.25) is 0 Å². The number of nitrogens with zero attached hydrogens (tertiary/aromatic N) is 2. The lowest BCUT2D eigenvalue weighted by molar-refractivity contribution is -0.144. The molecule has 2 aliphatic heterocycles. The molecule has 5 heteroatoms. The number of ether oxygens (including phenoxy) is 1. The fourth-order valence-corrected chi connectivity index (χ4v) is 3.29. The molecular weight excluding hydrogens is 244 g/mol. The van der Waals surface area contributed by atoms with Crippen LogP contribution in [0.3, 0.4) is 0 Å². The maximum Gasteiger partial charge on any atom is 0.228 e. The lowest BCUT2D eigenvalue weighted by atomic mass is 9.98. The number of carbonyl (C=O) groups is 1. The predicted molar refractivity (Wildman–Crippen MR) is 72.8 cm³/mol. The Bertz CT molecular complexity index is 293. The van der Waals surface area contributed by atoms with Crippen LogP contribution >= 0.6 is 0 Å². The Morgan fingerprint density at radius 2 is 2.00 bits per heavy atom. The molecule has 1 N–H and O–H groups in total. The fourth-order valence-electron chi connectivity index (χ4n) is 3.29. The van der Waals surface area contributed by atoms with Crippen LogP contribution in [0.1, 0.15) is 26.7 Å². The second kappa shape index (κ2) is 6.68. The van der Waals surface area contributed by atoms with Gasteiger partial charge in [0.15, 0.2) is 0 Å². The van der Waals surface area contributed by atoms with Crippen molar-refractivity contribution in [3.8, 4) is 0 Å². The number of piperazine rings is 1. The summed E-state index contributed by atoms with van der Waals surface area (Å²) in [6.45, 7) is 8.03. The van der Waals surface area contributed by atoms with Crippen molar-refractivity contribution in [1.82, 2.24) is 9.80 Å². The molecule has 2 fully saturated rings. The maximum atomic E-state index is 12.5. The second-order valence-electron chi connectivity index (χ2n) is 5.82. The van der Waals surface area contributed by atoms with Gasteiger partial charge in [-0.15, -0.1) is 0 Å². The average molecular weight is 270 g/mol. The smallest absolute Gasteiger partial charge is 0.228 e. The standard InChI is InChI=1S/C14H26N2O3/c1-11-8-15(9-12(2)16(11)5-6-17)14(18)13-4-3-7-19-10-13/h11-13,17H,3-10H2,1-2H3/t11-,12+,13-/m0/s1. The molecular formula is C14H26N2O3. The van der Waals surface area contributed by atoms with Gasteiger partial charge in [-0.3, -0.25) is 9.69 Å². The van der Waals surface area contributed by atoms with Gasteiger partial charge in [0.2, 0.25) is 5.91 Å². The van der Waals surface area contributed by atoms with Crippen LogP contribution in [0.4, 0.5) is 0 Å². The van der Waals surface area contributed by atoms with E-state index in [1.54, 1.807) is 0 Å². The normalized spacial score (nSPS) is 33.4. The Balaban J connectivity index is 1.93. The first kappa shape index (κ1) is 14.8. The highest BCUT2D eigenvalue weighted by Crippen LogP contribution is 2.21. The van der Waals surface area contributed by atoms with Crippen molar-refractivity contribution in [2.75, 3.05) is 39.5 Å². The molecule has 0 aliphatic carbocycles. The van der Waals surface area contributed by atoms with E-state index in [0.717, 1.165) is 32.5 Å². The van der Waals surface area contributed by atoms with Gasteiger partial charge < -0.3 is 14.7 Å². The number of aliphatic hydroxyl groups is 1. The zero-order chi connectivity index (χ0) is 13.8. The number of aliphatic hydroxyl groups excluding tert-OH is 1. The summed E-state index contributed by atoms with van der Waals surface area (Å²) in [6.07, 6.45) is 1.95. The summed E-state index contributed by atoms with van der Waals surface area (Å²) < 4.78 is 5.42. The number of hydrogen-bond acceptors (Lipinski definition) is 4. The Kier molecular flexibility index (Phi) is 5.19. The summed E-state index contributed by atoms with van der Waals surface area (Å²) in [7, 11) is 0. The minimum Gasteiger partial charge on any atom is -0.395 e. The van der Waals surface area contributed by atoms with Crippen molar-refractivity contribution in [1.29, 1.82) is 0 Å². The molecule has 3 atom stereocenters. The van der Waals surface area contributed by atoms with E-state index < -0.39 is 0 Å². The zero-order valence-electron chi connectivity index (χ0n) is 12.0. The SMILES string of the molecule is C[C@@H]1CN(C(=O)[C@H]2CCCOC2)C[C@H](C)N1CCO. The second-order valence-corrected chi connectivity index (χ2v) is 5.82. The van der Waals surface area contributed by atoms with Crippen LogP contribution in [0.25, 0.3) is 0 Å². The number of hydrogen-bond donors (Lipinski definition) is 1. The zero-order valence-corrected chi connectivity index (χ0v) is 12.0. The highest BCUT2D eigenvalue weighted by Gasteiger charge is 2.34. The van der Waals surface area contributed by atoms with Crippen molar-refractivity contribution in [3.05, 3.63) is 0 Å². The highest BCUT2D eigenvalue weighted by molar-refractivity contribution is 5.79. The molecule has 2 heterocycles.